The summed E-state index contributed by atoms with van der Waals surface area (Å²) in [6.07, 6.45) is 1.02. The van der Waals surface area contributed by atoms with Gasteiger partial charge in [-0.15, -0.1) is 0 Å². The highest BCUT2D eigenvalue weighted by Gasteiger charge is 2.25. The molecule has 1 aromatic carbocycles. The van der Waals surface area contributed by atoms with Crippen LogP contribution in [0.2, 0.25) is 0 Å². The summed E-state index contributed by atoms with van der Waals surface area (Å²) < 4.78 is 13.3. The van der Waals surface area contributed by atoms with Gasteiger partial charge in [-0.2, -0.15) is 0 Å². The molecule has 0 bridgehead atoms. The number of nitro benzene ring substituents is 1. The summed E-state index contributed by atoms with van der Waals surface area (Å²) in [5.74, 6) is -0.115. The van der Waals surface area contributed by atoms with E-state index in [0.29, 0.717) is 18.0 Å². The van der Waals surface area contributed by atoms with Crippen LogP contribution >= 0.6 is 0 Å². The van der Waals surface area contributed by atoms with Gasteiger partial charge >= 0.3 is 0 Å². The van der Waals surface area contributed by atoms with E-state index in [4.69, 9.17) is 5.73 Å². The lowest BCUT2D eigenvalue weighted by Gasteiger charge is -2.17. The molecule has 19 heavy (non-hydrogen) atoms. The molecule has 1 aliphatic heterocycles. The first-order valence-electron chi connectivity index (χ1n) is 6.37. The van der Waals surface area contributed by atoms with Crippen molar-refractivity contribution in [2.45, 2.75) is 25.9 Å². The zero-order valence-electron chi connectivity index (χ0n) is 10.9. The average Bonchev–Trinajstić information content (AvgIpc) is 2.76. The number of halogens is 1. The Balaban J connectivity index is 2.06. The van der Waals surface area contributed by atoms with Gasteiger partial charge in [-0.1, -0.05) is 0 Å². The lowest BCUT2D eigenvalue weighted by atomic mass is 10.0. The molecule has 1 fully saturated rings. The largest absolute Gasteiger partial charge is 0.328 e. The number of likely N-dealkylation sites (tertiary alicyclic amines) is 1. The molecule has 0 amide bonds. The monoisotopic (exact) mass is 267 g/mol. The van der Waals surface area contributed by atoms with Crippen LogP contribution in [0.25, 0.3) is 0 Å². The zero-order chi connectivity index (χ0) is 14.0. The molecule has 104 valence electrons. The smallest absolute Gasteiger partial charge is 0.272 e. The third-order valence-corrected chi connectivity index (χ3v) is 3.61. The van der Waals surface area contributed by atoms with Crippen molar-refractivity contribution in [1.82, 2.24) is 4.90 Å². The van der Waals surface area contributed by atoms with E-state index < -0.39 is 10.7 Å². The SMILES string of the molecule is CC(N)C1CCN(Cc2cc(F)cc([N+](=O)[O-])c2)C1. The molecule has 6 heteroatoms. The van der Waals surface area contributed by atoms with Gasteiger partial charge in [0.25, 0.3) is 5.69 Å². The van der Waals surface area contributed by atoms with Crippen LogP contribution < -0.4 is 5.73 Å². The molecule has 0 saturated carbocycles. The van der Waals surface area contributed by atoms with Crippen molar-refractivity contribution in [3.63, 3.8) is 0 Å². The van der Waals surface area contributed by atoms with Crippen molar-refractivity contribution in [2.75, 3.05) is 13.1 Å². The molecule has 0 spiro atoms. The summed E-state index contributed by atoms with van der Waals surface area (Å²) in [7, 11) is 0. The Bertz CT molecular complexity index is 479. The van der Waals surface area contributed by atoms with Crippen LogP contribution in [-0.2, 0) is 6.54 Å². The summed E-state index contributed by atoms with van der Waals surface area (Å²) in [4.78, 5) is 12.3. The first kappa shape index (κ1) is 13.9. The molecule has 2 rings (SSSR count). The van der Waals surface area contributed by atoms with Gasteiger partial charge in [-0.3, -0.25) is 15.0 Å². The van der Waals surface area contributed by atoms with E-state index in [0.717, 1.165) is 25.6 Å². The van der Waals surface area contributed by atoms with Crippen LogP contribution in [-0.4, -0.2) is 29.0 Å². The molecular formula is C13H18FN3O2. The van der Waals surface area contributed by atoms with Crippen LogP contribution in [0.1, 0.15) is 18.9 Å². The van der Waals surface area contributed by atoms with Crippen LogP contribution in [0.5, 0.6) is 0 Å². The summed E-state index contributed by atoms with van der Waals surface area (Å²) >= 11 is 0. The Hall–Kier alpha value is -1.53. The maximum Gasteiger partial charge on any atom is 0.272 e. The summed E-state index contributed by atoms with van der Waals surface area (Å²) in [5, 5.41) is 10.7. The number of rotatable bonds is 4. The number of nitro groups is 1. The Labute approximate surface area is 111 Å². The van der Waals surface area contributed by atoms with Gasteiger partial charge in [-0.05, 0) is 37.4 Å². The van der Waals surface area contributed by atoms with Gasteiger partial charge in [0, 0.05) is 25.2 Å². The van der Waals surface area contributed by atoms with Crippen molar-refractivity contribution in [1.29, 1.82) is 0 Å². The molecule has 0 aromatic heterocycles. The zero-order valence-corrected chi connectivity index (χ0v) is 10.9. The first-order valence-corrected chi connectivity index (χ1v) is 6.37. The molecule has 5 nitrogen and oxygen atoms in total. The summed E-state index contributed by atoms with van der Waals surface area (Å²) in [6.45, 7) is 4.28. The van der Waals surface area contributed by atoms with Crippen LogP contribution in [0, 0.1) is 21.8 Å². The second kappa shape index (κ2) is 5.63. The van der Waals surface area contributed by atoms with E-state index >= 15 is 0 Å². The summed E-state index contributed by atoms with van der Waals surface area (Å²) in [5.41, 5.74) is 6.31. The van der Waals surface area contributed by atoms with E-state index in [9.17, 15) is 14.5 Å². The van der Waals surface area contributed by atoms with Gasteiger partial charge in [-0.25, -0.2) is 4.39 Å². The summed E-state index contributed by atoms with van der Waals surface area (Å²) in [6, 6.07) is 3.87. The van der Waals surface area contributed by atoms with E-state index in [-0.39, 0.29) is 11.7 Å². The lowest BCUT2D eigenvalue weighted by Crippen LogP contribution is -2.29. The number of hydrogen-bond acceptors (Lipinski definition) is 4. The van der Waals surface area contributed by atoms with Crippen LogP contribution in [0.3, 0.4) is 0 Å². The Kier molecular flexibility index (Phi) is 4.11. The minimum Gasteiger partial charge on any atom is -0.328 e. The average molecular weight is 267 g/mol. The number of benzene rings is 1. The Morgan fingerprint density at radius 2 is 2.32 bits per heavy atom. The van der Waals surface area contributed by atoms with Crippen molar-refractivity contribution < 1.29 is 9.31 Å². The van der Waals surface area contributed by atoms with Gasteiger partial charge < -0.3 is 5.73 Å². The topological polar surface area (TPSA) is 72.4 Å². The number of hydrogen-bond donors (Lipinski definition) is 1. The first-order chi connectivity index (χ1) is 8.95. The molecule has 2 unspecified atom stereocenters. The van der Waals surface area contributed by atoms with E-state index in [1.54, 1.807) is 0 Å². The fraction of sp³-hybridized carbons (Fsp3) is 0.538. The normalized spacial score (nSPS) is 21.5. The Morgan fingerprint density at radius 1 is 1.58 bits per heavy atom. The molecule has 0 radical (unpaired) electrons. The highest BCUT2D eigenvalue weighted by Crippen LogP contribution is 2.23. The second-order valence-corrected chi connectivity index (χ2v) is 5.22. The maximum absolute atomic E-state index is 13.3. The van der Waals surface area contributed by atoms with Gasteiger partial charge in [0.2, 0.25) is 0 Å². The van der Waals surface area contributed by atoms with Gasteiger partial charge in [0.1, 0.15) is 5.82 Å². The minimum absolute atomic E-state index is 0.145. The Morgan fingerprint density at radius 3 is 2.89 bits per heavy atom. The van der Waals surface area contributed by atoms with Crippen molar-refractivity contribution in [2.24, 2.45) is 11.7 Å². The molecule has 1 saturated heterocycles. The van der Waals surface area contributed by atoms with E-state index in [1.807, 2.05) is 6.92 Å². The molecule has 1 aromatic rings. The molecule has 1 aliphatic rings. The van der Waals surface area contributed by atoms with Crippen LogP contribution in [0.4, 0.5) is 10.1 Å². The van der Waals surface area contributed by atoms with E-state index in [2.05, 4.69) is 4.90 Å². The van der Waals surface area contributed by atoms with Crippen molar-refractivity contribution >= 4 is 5.69 Å². The minimum atomic E-state index is -0.568. The standard InChI is InChI=1S/C13H18FN3O2/c1-9(15)11-2-3-16(8-11)7-10-4-12(14)6-13(5-10)17(18)19/h4-6,9,11H,2-3,7-8,15H2,1H3. The predicted octanol–water partition coefficient (Wildman–Crippen LogP) is 1.90. The van der Waals surface area contributed by atoms with Crippen molar-refractivity contribution in [3.8, 4) is 0 Å². The van der Waals surface area contributed by atoms with Crippen molar-refractivity contribution in [3.05, 3.63) is 39.7 Å². The molecule has 2 N–H and O–H groups in total. The number of non-ortho nitro benzene ring substituents is 1. The van der Waals surface area contributed by atoms with Gasteiger partial charge in [0.05, 0.1) is 11.0 Å². The van der Waals surface area contributed by atoms with Gasteiger partial charge in [0.15, 0.2) is 0 Å². The fourth-order valence-electron chi connectivity index (χ4n) is 2.52. The number of nitrogens with two attached hydrogens (primary N) is 1. The quantitative estimate of drug-likeness (QED) is 0.668. The molecule has 0 aliphatic carbocycles. The predicted molar refractivity (Wildman–Crippen MR) is 70.1 cm³/mol. The molecular weight excluding hydrogens is 249 g/mol. The lowest BCUT2D eigenvalue weighted by molar-refractivity contribution is -0.385. The third-order valence-electron chi connectivity index (χ3n) is 3.61. The van der Waals surface area contributed by atoms with E-state index in [1.165, 1.54) is 12.1 Å². The molecule has 2 atom stereocenters. The highest BCUT2D eigenvalue weighted by molar-refractivity contribution is 5.35. The third kappa shape index (κ3) is 3.48. The maximum atomic E-state index is 13.3. The number of nitrogens with zero attached hydrogens (tertiary/aromatic N) is 2. The highest BCUT2D eigenvalue weighted by atomic mass is 19.1. The fourth-order valence-corrected chi connectivity index (χ4v) is 2.52. The molecule has 1 heterocycles. The van der Waals surface area contributed by atoms with Crippen LogP contribution in [0.15, 0.2) is 18.2 Å². The second-order valence-electron chi connectivity index (χ2n) is 5.22.